The maximum Gasteiger partial charge on any atom is 0.111 e. The van der Waals surface area contributed by atoms with Crippen molar-refractivity contribution in [3.63, 3.8) is 0 Å². The lowest BCUT2D eigenvalue weighted by Gasteiger charge is -2.15. The molecule has 2 aromatic heterocycles. The number of halogens is 4. The molecule has 0 atom stereocenters. The maximum atomic E-state index is 6.85. The fraction of sp³-hybridized carbons (Fsp3) is 0.481. The van der Waals surface area contributed by atoms with Gasteiger partial charge in [0.1, 0.15) is 5.69 Å². The molecule has 2 N–H and O–H groups in total. The van der Waals surface area contributed by atoms with E-state index in [2.05, 4.69) is 49.2 Å². The van der Waals surface area contributed by atoms with Crippen molar-refractivity contribution in [3.05, 3.63) is 40.9 Å². The second-order valence-electron chi connectivity index (χ2n) is 9.14. The lowest BCUT2D eigenvalue weighted by Crippen LogP contribution is -1.94. The van der Waals surface area contributed by atoms with Gasteiger partial charge < -0.3 is 5.73 Å². The van der Waals surface area contributed by atoms with Crippen molar-refractivity contribution in [2.45, 2.75) is 84.5 Å². The Morgan fingerprint density at radius 2 is 1.36 bits per heavy atom. The molecule has 0 aliphatic carbocycles. The Hall–Kier alpha value is -0.0200. The Kier molecular flexibility index (Phi) is 12.7. The average Bonchev–Trinajstić information content (AvgIpc) is 3.38. The van der Waals surface area contributed by atoms with E-state index in [0.29, 0.717) is 32.5 Å². The first-order chi connectivity index (χ1) is 17.3. The zero-order valence-electron chi connectivity index (χ0n) is 20.7. The Morgan fingerprint density at radius 3 is 1.92 bits per heavy atom. The van der Waals surface area contributed by atoms with Crippen molar-refractivity contribution in [2.75, 3.05) is 5.73 Å². The third-order valence-electron chi connectivity index (χ3n) is 6.39. The summed E-state index contributed by atoms with van der Waals surface area (Å²) in [5.74, 6) is 0. The van der Waals surface area contributed by atoms with E-state index >= 15 is 0 Å². The van der Waals surface area contributed by atoms with Gasteiger partial charge in [-0.1, -0.05) is 87.9 Å². The number of nitrogen functional groups attached to an aromatic ring is 1. The van der Waals surface area contributed by atoms with Gasteiger partial charge in [0.2, 0.25) is 0 Å². The molecule has 3 rings (SSSR count). The van der Waals surface area contributed by atoms with Gasteiger partial charge in [0.15, 0.2) is 0 Å². The highest BCUT2D eigenvalue weighted by molar-refractivity contribution is 9.11. The van der Waals surface area contributed by atoms with Gasteiger partial charge in [0, 0.05) is 33.3 Å². The summed E-state index contributed by atoms with van der Waals surface area (Å²) < 4.78 is 6.27. The normalized spacial score (nSPS) is 11.4. The van der Waals surface area contributed by atoms with Crippen LogP contribution in [0.15, 0.2) is 24.1 Å². The lowest BCUT2D eigenvalue weighted by atomic mass is 10.0. The summed E-state index contributed by atoms with van der Waals surface area (Å²) >= 11 is 29.3. The Balaban J connectivity index is 1.71. The van der Waals surface area contributed by atoms with E-state index < -0.39 is 0 Å². The third-order valence-corrected chi connectivity index (χ3v) is 11.6. The molecular formula is C27H32Br2Cl2N2S3. The standard InChI is InChI=1S/C27H32Br2Cl2N2S3/c1-3-4-5-6-7-8-9-10-11-12-13-17-15-19(36-27(17)29)21-23(31)22(30)20(24(32)25(21)33-34)18-14-16(2)26(28)35-18/h14-15H,3-13,32H2,1-2H3. The number of benzene rings is 1. The minimum atomic E-state index is 0.432. The van der Waals surface area contributed by atoms with Crippen LogP contribution in [-0.2, 0) is 18.8 Å². The van der Waals surface area contributed by atoms with Crippen LogP contribution < -0.4 is 5.73 Å². The van der Waals surface area contributed by atoms with Crippen LogP contribution in [0, 0.1) is 6.92 Å². The van der Waals surface area contributed by atoms with Crippen LogP contribution in [0.3, 0.4) is 0 Å². The SMILES string of the molecule is CCCCCCCCCCCCc1cc(-c2c(Cl)c(Cl)c(-c3cc(C)c(Br)s3)c(N)c2N=S)sc1Br. The minimum absolute atomic E-state index is 0.432. The molecule has 36 heavy (non-hydrogen) atoms. The minimum Gasteiger partial charge on any atom is -0.396 e. The second-order valence-corrected chi connectivity index (χ2v) is 14.8. The molecule has 0 saturated heterocycles. The number of unbranched alkanes of at least 4 members (excludes halogenated alkanes) is 9. The van der Waals surface area contributed by atoms with Gasteiger partial charge in [-0.3, -0.25) is 0 Å². The second kappa shape index (κ2) is 14.9. The number of hydrogen-bond acceptors (Lipinski definition) is 5. The van der Waals surface area contributed by atoms with E-state index in [9.17, 15) is 0 Å². The molecule has 0 aliphatic rings. The average molecular weight is 711 g/mol. The van der Waals surface area contributed by atoms with E-state index in [1.54, 1.807) is 22.7 Å². The molecule has 0 amide bonds. The molecule has 0 unspecified atom stereocenters. The molecular weight excluding hydrogens is 679 g/mol. The van der Waals surface area contributed by atoms with E-state index in [4.69, 9.17) is 41.4 Å². The van der Waals surface area contributed by atoms with E-state index in [0.717, 1.165) is 29.3 Å². The number of rotatable bonds is 14. The van der Waals surface area contributed by atoms with Crippen molar-refractivity contribution in [1.82, 2.24) is 0 Å². The van der Waals surface area contributed by atoms with Crippen LogP contribution in [0.5, 0.6) is 0 Å². The first kappa shape index (κ1) is 30.5. The van der Waals surface area contributed by atoms with Gasteiger partial charge in [-0.15, -0.1) is 22.7 Å². The van der Waals surface area contributed by atoms with E-state index in [1.165, 1.54) is 69.8 Å². The molecule has 0 saturated carbocycles. The van der Waals surface area contributed by atoms with Crippen LogP contribution in [0.2, 0.25) is 10.0 Å². The number of hydrogen-bond donors (Lipinski definition) is 1. The van der Waals surface area contributed by atoms with Crippen molar-refractivity contribution < 1.29 is 0 Å². The summed E-state index contributed by atoms with van der Waals surface area (Å²) in [5, 5.41) is 0.868. The van der Waals surface area contributed by atoms with E-state index in [1.807, 2.05) is 13.0 Å². The Labute approximate surface area is 255 Å². The van der Waals surface area contributed by atoms with Crippen molar-refractivity contribution in [3.8, 4) is 20.9 Å². The molecule has 0 aliphatic heterocycles. The molecule has 0 bridgehead atoms. The van der Waals surface area contributed by atoms with Gasteiger partial charge in [0.05, 0.1) is 23.3 Å². The van der Waals surface area contributed by atoms with Crippen LogP contribution in [0.25, 0.3) is 20.9 Å². The number of nitrogens with two attached hydrogens (primary N) is 1. The maximum absolute atomic E-state index is 6.85. The fourth-order valence-electron chi connectivity index (χ4n) is 4.34. The topological polar surface area (TPSA) is 38.4 Å². The number of aryl methyl sites for hydroxylation is 2. The fourth-order valence-corrected chi connectivity index (χ4v) is 8.65. The van der Waals surface area contributed by atoms with Crippen molar-refractivity contribution in [2.24, 2.45) is 4.36 Å². The largest absolute Gasteiger partial charge is 0.396 e. The van der Waals surface area contributed by atoms with Gasteiger partial charge >= 0.3 is 0 Å². The lowest BCUT2D eigenvalue weighted by molar-refractivity contribution is 0.556. The molecule has 196 valence electrons. The predicted octanol–water partition coefficient (Wildman–Crippen LogP) is 12.7. The van der Waals surface area contributed by atoms with E-state index in [-0.39, 0.29) is 0 Å². The summed E-state index contributed by atoms with van der Waals surface area (Å²) in [5.41, 5.74) is 11.4. The molecule has 3 aromatic rings. The van der Waals surface area contributed by atoms with Gasteiger partial charge in [0.25, 0.3) is 0 Å². The Bertz CT molecular complexity index is 1170. The highest BCUT2D eigenvalue weighted by atomic mass is 79.9. The van der Waals surface area contributed by atoms with Crippen LogP contribution in [-0.4, -0.2) is 0 Å². The van der Waals surface area contributed by atoms with Crippen molar-refractivity contribution >= 4 is 102 Å². The van der Waals surface area contributed by atoms with Crippen LogP contribution in [0.4, 0.5) is 11.4 Å². The van der Waals surface area contributed by atoms with Crippen LogP contribution in [0.1, 0.15) is 82.3 Å². The quantitative estimate of drug-likeness (QED) is 0.134. The highest BCUT2D eigenvalue weighted by Crippen LogP contribution is 2.54. The van der Waals surface area contributed by atoms with Crippen LogP contribution >= 0.6 is 77.7 Å². The summed E-state index contributed by atoms with van der Waals surface area (Å²) in [6.45, 7) is 4.30. The zero-order valence-corrected chi connectivity index (χ0v) is 27.8. The number of nitrogens with zero attached hydrogens (tertiary/aromatic N) is 1. The highest BCUT2D eigenvalue weighted by Gasteiger charge is 2.25. The smallest absolute Gasteiger partial charge is 0.111 e. The van der Waals surface area contributed by atoms with Gasteiger partial charge in [-0.25, -0.2) is 0 Å². The first-order valence-electron chi connectivity index (χ1n) is 12.5. The molecule has 2 nitrogen and oxygen atoms in total. The summed E-state index contributed by atoms with van der Waals surface area (Å²) in [7, 11) is 0. The monoisotopic (exact) mass is 708 g/mol. The third kappa shape index (κ3) is 7.55. The molecule has 1 aromatic carbocycles. The first-order valence-corrected chi connectivity index (χ1v) is 16.8. The molecule has 0 fully saturated rings. The van der Waals surface area contributed by atoms with Crippen molar-refractivity contribution in [1.29, 1.82) is 0 Å². The number of anilines is 1. The Morgan fingerprint density at radius 1 is 0.833 bits per heavy atom. The summed E-state index contributed by atoms with van der Waals surface area (Å²) in [6, 6.07) is 4.22. The molecule has 0 spiro atoms. The number of thiophene rings is 2. The predicted molar refractivity (Wildman–Crippen MR) is 173 cm³/mol. The zero-order chi connectivity index (χ0) is 26.2. The van der Waals surface area contributed by atoms with Gasteiger partial charge in [-0.05, 0) is 74.9 Å². The molecule has 2 heterocycles. The summed E-state index contributed by atoms with van der Waals surface area (Å²) in [4.78, 5) is 1.91. The van der Waals surface area contributed by atoms with Gasteiger partial charge in [-0.2, -0.15) is 4.36 Å². The molecule has 9 heteroatoms. The summed E-state index contributed by atoms with van der Waals surface area (Å²) in [6.07, 6.45) is 14.3. The molecule has 0 radical (unpaired) electrons.